The first-order valence-corrected chi connectivity index (χ1v) is 9.60. The highest BCUT2D eigenvalue weighted by molar-refractivity contribution is 5.89. The molecule has 3 saturated heterocycles. The van der Waals surface area contributed by atoms with Crippen LogP contribution in [0.25, 0.3) is 0 Å². The number of halogens is 1. The van der Waals surface area contributed by atoms with Gasteiger partial charge in [-0.25, -0.2) is 0 Å². The topological polar surface area (TPSA) is 52.7 Å². The molecule has 0 spiro atoms. The zero-order valence-corrected chi connectivity index (χ0v) is 15.9. The summed E-state index contributed by atoms with van der Waals surface area (Å²) >= 11 is 0. The minimum atomic E-state index is -0.252. The van der Waals surface area contributed by atoms with Crippen molar-refractivity contribution in [3.05, 3.63) is 35.9 Å². The first-order chi connectivity index (χ1) is 12.2. The van der Waals surface area contributed by atoms with Crippen LogP contribution in [-0.2, 0) is 16.0 Å². The number of nitrogens with one attached hydrogen (secondary N) is 1. The highest BCUT2D eigenvalue weighted by Gasteiger charge is 2.44. The van der Waals surface area contributed by atoms with E-state index in [1.165, 1.54) is 0 Å². The van der Waals surface area contributed by atoms with Crippen LogP contribution in [-0.4, -0.2) is 59.4 Å². The minimum absolute atomic E-state index is 0. The maximum atomic E-state index is 13.3. The number of nitrogens with zero attached hydrogens (tertiary/aromatic N) is 2. The molecule has 2 amide bonds. The number of amides is 2. The molecular weight excluding hydrogens is 350 g/mol. The number of carbonyl (C=O) groups excluding carboxylic acids is 2. The van der Waals surface area contributed by atoms with Gasteiger partial charge in [0.05, 0.1) is 6.42 Å². The van der Waals surface area contributed by atoms with E-state index in [1.54, 1.807) is 0 Å². The largest absolute Gasteiger partial charge is 0.334 e. The number of likely N-dealkylation sites (tertiary alicyclic amines) is 1. The van der Waals surface area contributed by atoms with E-state index < -0.39 is 0 Å². The van der Waals surface area contributed by atoms with Crippen LogP contribution >= 0.6 is 12.4 Å². The number of hydrogen-bond acceptors (Lipinski definition) is 3. The molecule has 1 aromatic rings. The van der Waals surface area contributed by atoms with Crippen LogP contribution in [0, 0.1) is 0 Å². The molecule has 1 N–H and O–H groups in total. The second-order valence-electron chi connectivity index (χ2n) is 7.53. The van der Waals surface area contributed by atoms with Gasteiger partial charge < -0.3 is 15.1 Å². The summed E-state index contributed by atoms with van der Waals surface area (Å²) in [6.45, 7) is 2.60. The van der Waals surface area contributed by atoms with Gasteiger partial charge >= 0.3 is 0 Å². The molecule has 0 radical (unpaired) electrons. The summed E-state index contributed by atoms with van der Waals surface area (Å²) in [6, 6.07) is 10.2. The highest BCUT2D eigenvalue weighted by atomic mass is 35.5. The second-order valence-corrected chi connectivity index (χ2v) is 7.53. The van der Waals surface area contributed by atoms with Gasteiger partial charge in [-0.3, -0.25) is 9.59 Å². The molecule has 3 fully saturated rings. The third-order valence-corrected chi connectivity index (χ3v) is 5.97. The Morgan fingerprint density at radius 2 is 1.81 bits per heavy atom. The first-order valence-electron chi connectivity index (χ1n) is 9.60. The van der Waals surface area contributed by atoms with Crippen molar-refractivity contribution >= 4 is 24.2 Å². The van der Waals surface area contributed by atoms with Gasteiger partial charge in [-0.1, -0.05) is 30.3 Å². The predicted molar refractivity (Wildman–Crippen MR) is 103 cm³/mol. The molecule has 5 nitrogen and oxygen atoms in total. The fourth-order valence-electron chi connectivity index (χ4n) is 4.71. The van der Waals surface area contributed by atoms with Crippen molar-refractivity contribution in [3.8, 4) is 0 Å². The molecule has 3 heterocycles. The smallest absolute Gasteiger partial charge is 0.245 e. The number of carbonyl (C=O) groups is 2. The molecule has 6 heteroatoms. The quantitative estimate of drug-likeness (QED) is 0.876. The maximum absolute atomic E-state index is 13.3. The Labute approximate surface area is 161 Å². The minimum Gasteiger partial charge on any atom is -0.334 e. The number of hydrogen-bond donors (Lipinski definition) is 1. The van der Waals surface area contributed by atoms with E-state index in [1.807, 2.05) is 35.2 Å². The summed E-state index contributed by atoms with van der Waals surface area (Å²) in [4.78, 5) is 30.1. The standard InChI is InChI=1S/C20H27N3O2.ClH/c24-19(13-15-5-2-1-3-6-15)22-12-4-7-18(22)20(25)23-16-8-9-17(23)14-21-11-10-16;/h1-3,5-6,16-18,21H,4,7-14H2;1H. The lowest BCUT2D eigenvalue weighted by Crippen LogP contribution is -2.52. The molecule has 2 bridgehead atoms. The summed E-state index contributed by atoms with van der Waals surface area (Å²) in [5, 5.41) is 3.45. The van der Waals surface area contributed by atoms with Crippen molar-refractivity contribution < 1.29 is 9.59 Å². The molecular formula is C20H28ClN3O2. The Bertz CT molecular complexity index is 625. The molecule has 0 saturated carbocycles. The SMILES string of the molecule is Cl.O=C(Cc1ccccc1)N1CCCC1C(=O)N1C2CCNCC1CC2. The summed E-state index contributed by atoms with van der Waals surface area (Å²) < 4.78 is 0. The van der Waals surface area contributed by atoms with Crippen LogP contribution in [0.2, 0.25) is 0 Å². The molecule has 26 heavy (non-hydrogen) atoms. The average molecular weight is 378 g/mol. The molecule has 4 rings (SSSR count). The van der Waals surface area contributed by atoms with Crippen LogP contribution in [0.4, 0.5) is 0 Å². The zero-order valence-electron chi connectivity index (χ0n) is 15.1. The van der Waals surface area contributed by atoms with Gasteiger partial charge in [-0.15, -0.1) is 12.4 Å². The van der Waals surface area contributed by atoms with Gasteiger partial charge in [0.15, 0.2) is 0 Å². The summed E-state index contributed by atoms with van der Waals surface area (Å²) in [6.07, 6.45) is 5.36. The van der Waals surface area contributed by atoms with E-state index in [0.717, 1.165) is 50.8 Å². The van der Waals surface area contributed by atoms with Gasteiger partial charge in [-0.05, 0) is 44.2 Å². The molecule has 0 aromatic heterocycles. The monoisotopic (exact) mass is 377 g/mol. The average Bonchev–Trinajstić information content (AvgIpc) is 3.19. The van der Waals surface area contributed by atoms with Crippen LogP contribution in [0.15, 0.2) is 30.3 Å². The van der Waals surface area contributed by atoms with E-state index >= 15 is 0 Å². The summed E-state index contributed by atoms with van der Waals surface area (Å²) in [5.41, 5.74) is 1.02. The molecule has 3 unspecified atom stereocenters. The third kappa shape index (κ3) is 3.74. The molecule has 0 aliphatic carbocycles. The first kappa shape index (κ1) is 19.2. The molecule has 3 aliphatic rings. The van der Waals surface area contributed by atoms with Crippen molar-refractivity contribution in [2.24, 2.45) is 0 Å². The fourth-order valence-corrected chi connectivity index (χ4v) is 4.71. The Morgan fingerprint density at radius 3 is 2.62 bits per heavy atom. The van der Waals surface area contributed by atoms with Gasteiger partial charge in [0, 0.05) is 25.2 Å². The second kappa shape index (κ2) is 8.40. The van der Waals surface area contributed by atoms with Crippen LogP contribution in [0.3, 0.4) is 0 Å². The fraction of sp³-hybridized carbons (Fsp3) is 0.600. The van der Waals surface area contributed by atoms with Crippen molar-refractivity contribution in [2.45, 2.75) is 56.7 Å². The summed E-state index contributed by atoms with van der Waals surface area (Å²) in [7, 11) is 0. The number of benzene rings is 1. The van der Waals surface area contributed by atoms with Crippen molar-refractivity contribution in [1.82, 2.24) is 15.1 Å². The van der Waals surface area contributed by atoms with E-state index in [0.29, 0.717) is 25.0 Å². The molecule has 3 atom stereocenters. The van der Waals surface area contributed by atoms with E-state index in [2.05, 4.69) is 10.2 Å². The third-order valence-electron chi connectivity index (χ3n) is 5.97. The lowest BCUT2D eigenvalue weighted by molar-refractivity contribution is -0.145. The van der Waals surface area contributed by atoms with Crippen molar-refractivity contribution in [3.63, 3.8) is 0 Å². The van der Waals surface area contributed by atoms with Crippen molar-refractivity contribution in [2.75, 3.05) is 19.6 Å². The van der Waals surface area contributed by atoms with Gasteiger partial charge in [0.1, 0.15) is 6.04 Å². The van der Waals surface area contributed by atoms with Gasteiger partial charge in [0.2, 0.25) is 11.8 Å². The van der Waals surface area contributed by atoms with E-state index in [9.17, 15) is 9.59 Å². The Kier molecular flexibility index (Phi) is 6.20. The van der Waals surface area contributed by atoms with Gasteiger partial charge in [-0.2, -0.15) is 0 Å². The number of fused-ring (bicyclic) bond motifs is 2. The predicted octanol–water partition coefficient (Wildman–Crippen LogP) is 1.99. The maximum Gasteiger partial charge on any atom is 0.245 e. The lowest BCUT2D eigenvalue weighted by Gasteiger charge is -2.33. The van der Waals surface area contributed by atoms with Crippen LogP contribution < -0.4 is 5.32 Å². The van der Waals surface area contributed by atoms with Crippen LogP contribution in [0.1, 0.15) is 37.7 Å². The van der Waals surface area contributed by atoms with Crippen LogP contribution in [0.5, 0.6) is 0 Å². The normalized spacial score (nSPS) is 27.8. The molecule has 1 aromatic carbocycles. The number of rotatable bonds is 3. The highest BCUT2D eigenvalue weighted by Crippen LogP contribution is 2.31. The summed E-state index contributed by atoms with van der Waals surface area (Å²) in [5.74, 6) is 0.275. The Balaban J connectivity index is 0.00000196. The molecule has 3 aliphatic heterocycles. The van der Waals surface area contributed by atoms with Crippen molar-refractivity contribution in [1.29, 1.82) is 0 Å². The molecule has 142 valence electrons. The lowest BCUT2D eigenvalue weighted by atomic mass is 10.1. The van der Waals surface area contributed by atoms with E-state index in [4.69, 9.17) is 0 Å². The van der Waals surface area contributed by atoms with Gasteiger partial charge in [0.25, 0.3) is 0 Å². The zero-order chi connectivity index (χ0) is 17.2. The Morgan fingerprint density at radius 1 is 1.04 bits per heavy atom. The Hall–Kier alpha value is -1.59. The van der Waals surface area contributed by atoms with E-state index in [-0.39, 0.29) is 30.3 Å².